The van der Waals surface area contributed by atoms with Gasteiger partial charge in [0, 0.05) is 19.3 Å². The fourth-order valence-electron chi connectivity index (χ4n) is 2.77. The van der Waals surface area contributed by atoms with E-state index in [4.69, 9.17) is 4.74 Å². The number of rotatable bonds is 2. The average Bonchev–Trinajstić information content (AvgIpc) is 2.68. The van der Waals surface area contributed by atoms with E-state index in [0.717, 1.165) is 18.9 Å². The summed E-state index contributed by atoms with van der Waals surface area (Å²) in [5, 5.41) is 0. The van der Waals surface area contributed by atoms with E-state index in [2.05, 4.69) is 35.9 Å². The molecule has 0 spiro atoms. The lowest BCUT2D eigenvalue weighted by molar-refractivity contribution is 0.0302. The molecular weight excluding hydrogens is 212 g/mol. The SMILES string of the molecule is CC(C)c1ccnc(N2CC3CCC(C2)O3)c1. The van der Waals surface area contributed by atoms with Gasteiger partial charge >= 0.3 is 0 Å². The lowest BCUT2D eigenvalue weighted by Crippen LogP contribution is -2.43. The van der Waals surface area contributed by atoms with Gasteiger partial charge in [0.1, 0.15) is 5.82 Å². The molecule has 3 nitrogen and oxygen atoms in total. The zero-order valence-electron chi connectivity index (χ0n) is 10.6. The van der Waals surface area contributed by atoms with Crippen molar-refractivity contribution >= 4 is 5.82 Å². The molecule has 0 radical (unpaired) electrons. The number of morpholine rings is 1. The Morgan fingerprint density at radius 1 is 1.29 bits per heavy atom. The summed E-state index contributed by atoms with van der Waals surface area (Å²) in [5.74, 6) is 1.69. The molecule has 0 amide bonds. The molecular formula is C14H20N2O. The van der Waals surface area contributed by atoms with E-state index in [1.807, 2.05) is 6.20 Å². The molecule has 92 valence electrons. The smallest absolute Gasteiger partial charge is 0.128 e. The number of fused-ring (bicyclic) bond motifs is 2. The van der Waals surface area contributed by atoms with Crippen LogP contribution in [-0.2, 0) is 4.74 Å². The Hall–Kier alpha value is -1.09. The van der Waals surface area contributed by atoms with E-state index in [0.29, 0.717) is 18.1 Å². The number of anilines is 1. The normalized spacial score (nSPS) is 27.8. The highest BCUT2D eigenvalue weighted by Gasteiger charge is 2.34. The molecule has 2 bridgehead atoms. The fraction of sp³-hybridized carbons (Fsp3) is 0.643. The molecule has 17 heavy (non-hydrogen) atoms. The van der Waals surface area contributed by atoms with Gasteiger partial charge in [-0.2, -0.15) is 0 Å². The summed E-state index contributed by atoms with van der Waals surface area (Å²) in [7, 11) is 0. The van der Waals surface area contributed by atoms with Crippen molar-refractivity contribution < 1.29 is 4.74 Å². The van der Waals surface area contributed by atoms with Gasteiger partial charge in [-0.1, -0.05) is 13.8 Å². The van der Waals surface area contributed by atoms with E-state index in [9.17, 15) is 0 Å². The fourth-order valence-corrected chi connectivity index (χ4v) is 2.77. The summed E-state index contributed by atoms with van der Waals surface area (Å²) in [6.45, 7) is 6.46. The largest absolute Gasteiger partial charge is 0.371 e. The summed E-state index contributed by atoms with van der Waals surface area (Å²) < 4.78 is 5.86. The van der Waals surface area contributed by atoms with E-state index in [1.54, 1.807) is 0 Å². The van der Waals surface area contributed by atoms with Crippen LogP contribution in [0.4, 0.5) is 5.82 Å². The molecule has 0 N–H and O–H groups in total. The maximum absolute atomic E-state index is 5.86. The molecule has 2 unspecified atom stereocenters. The lowest BCUT2D eigenvalue weighted by Gasteiger charge is -2.33. The Bertz CT molecular complexity index is 393. The molecule has 1 aromatic rings. The molecule has 1 aromatic heterocycles. The van der Waals surface area contributed by atoms with Gasteiger partial charge in [-0.05, 0) is 36.5 Å². The average molecular weight is 232 g/mol. The molecule has 3 heteroatoms. The maximum atomic E-state index is 5.86. The molecule has 3 heterocycles. The highest BCUT2D eigenvalue weighted by molar-refractivity contribution is 5.43. The van der Waals surface area contributed by atoms with Gasteiger partial charge in [0.25, 0.3) is 0 Å². The van der Waals surface area contributed by atoms with Gasteiger partial charge in [-0.3, -0.25) is 0 Å². The third-order valence-electron chi connectivity index (χ3n) is 3.80. The number of aromatic nitrogens is 1. The molecule has 2 atom stereocenters. The van der Waals surface area contributed by atoms with Gasteiger partial charge in [0.05, 0.1) is 12.2 Å². The molecule has 3 rings (SSSR count). The van der Waals surface area contributed by atoms with Crippen LogP contribution < -0.4 is 4.90 Å². The van der Waals surface area contributed by atoms with Gasteiger partial charge < -0.3 is 9.64 Å². The second kappa shape index (κ2) is 4.30. The van der Waals surface area contributed by atoms with Crippen molar-refractivity contribution in [2.75, 3.05) is 18.0 Å². The van der Waals surface area contributed by atoms with Crippen molar-refractivity contribution in [3.05, 3.63) is 23.9 Å². The van der Waals surface area contributed by atoms with Crippen LogP contribution in [0.1, 0.15) is 38.2 Å². The first-order chi connectivity index (χ1) is 8.22. The van der Waals surface area contributed by atoms with Crippen LogP contribution in [0.15, 0.2) is 18.3 Å². The molecule has 2 saturated heterocycles. The van der Waals surface area contributed by atoms with E-state index >= 15 is 0 Å². The Kier molecular flexibility index (Phi) is 2.79. The lowest BCUT2D eigenvalue weighted by atomic mass is 10.0. The summed E-state index contributed by atoms with van der Waals surface area (Å²) in [6, 6.07) is 4.35. The Balaban J connectivity index is 1.81. The van der Waals surface area contributed by atoms with Crippen molar-refractivity contribution in [1.29, 1.82) is 0 Å². The molecule has 2 fully saturated rings. The number of hydrogen-bond donors (Lipinski definition) is 0. The highest BCUT2D eigenvalue weighted by atomic mass is 16.5. The first-order valence-corrected chi connectivity index (χ1v) is 6.59. The van der Waals surface area contributed by atoms with Crippen LogP contribution in [0.3, 0.4) is 0 Å². The van der Waals surface area contributed by atoms with Crippen LogP contribution >= 0.6 is 0 Å². The monoisotopic (exact) mass is 232 g/mol. The Morgan fingerprint density at radius 3 is 2.65 bits per heavy atom. The third-order valence-corrected chi connectivity index (χ3v) is 3.80. The first-order valence-electron chi connectivity index (χ1n) is 6.59. The van der Waals surface area contributed by atoms with Gasteiger partial charge in [0.15, 0.2) is 0 Å². The van der Waals surface area contributed by atoms with Crippen LogP contribution in [0, 0.1) is 0 Å². The quantitative estimate of drug-likeness (QED) is 0.783. The topological polar surface area (TPSA) is 25.4 Å². The van der Waals surface area contributed by atoms with Crippen molar-refractivity contribution in [1.82, 2.24) is 4.98 Å². The van der Waals surface area contributed by atoms with E-state index in [-0.39, 0.29) is 0 Å². The van der Waals surface area contributed by atoms with Crippen molar-refractivity contribution in [3.8, 4) is 0 Å². The summed E-state index contributed by atoms with van der Waals surface area (Å²) in [6.07, 6.45) is 5.22. The van der Waals surface area contributed by atoms with Crippen LogP contribution in [0.25, 0.3) is 0 Å². The van der Waals surface area contributed by atoms with Crippen molar-refractivity contribution in [2.45, 2.75) is 44.8 Å². The molecule has 2 aliphatic rings. The molecule has 2 aliphatic heterocycles. The second-order valence-electron chi connectivity index (χ2n) is 5.46. The zero-order chi connectivity index (χ0) is 11.8. The number of hydrogen-bond acceptors (Lipinski definition) is 3. The van der Waals surface area contributed by atoms with Crippen LogP contribution in [0.5, 0.6) is 0 Å². The Labute approximate surface area is 103 Å². The predicted molar refractivity (Wildman–Crippen MR) is 68.4 cm³/mol. The molecule has 0 aromatic carbocycles. The minimum absolute atomic E-state index is 0.429. The molecule has 0 aliphatic carbocycles. The van der Waals surface area contributed by atoms with Crippen LogP contribution in [-0.4, -0.2) is 30.3 Å². The van der Waals surface area contributed by atoms with Crippen molar-refractivity contribution in [3.63, 3.8) is 0 Å². The maximum Gasteiger partial charge on any atom is 0.128 e. The Morgan fingerprint density at radius 2 is 2.00 bits per heavy atom. The highest BCUT2D eigenvalue weighted by Crippen LogP contribution is 2.29. The van der Waals surface area contributed by atoms with Crippen molar-refractivity contribution in [2.24, 2.45) is 0 Å². The minimum Gasteiger partial charge on any atom is -0.371 e. The second-order valence-corrected chi connectivity index (χ2v) is 5.46. The minimum atomic E-state index is 0.429. The zero-order valence-corrected chi connectivity index (χ0v) is 10.6. The van der Waals surface area contributed by atoms with E-state index < -0.39 is 0 Å². The summed E-state index contributed by atoms with van der Waals surface area (Å²) in [4.78, 5) is 6.90. The van der Waals surface area contributed by atoms with Gasteiger partial charge in [0.2, 0.25) is 0 Å². The van der Waals surface area contributed by atoms with Gasteiger partial charge in [-0.15, -0.1) is 0 Å². The standard InChI is InChI=1S/C14H20N2O/c1-10(2)11-5-6-15-14(7-11)16-8-12-3-4-13(9-16)17-12/h5-7,10,12-13H,3-4,8-9H2,1-2H3. The van der Waals surface area contributed by atoms with E-state index in [1.165, 1.54) is 18.4 Å². The molecule has 0 saturated carbocycles. The summed E-state index contributed by atoms with van der Waals surface area (Å²) in [5.41, 5.74) is 1.37. The van der Waals surface area contributed by atoms with Gasteiger partial charge in [-0.25, -0.2) is 4.98 Å². The third kappa shape index (κ3) is 2.16. The predicted octanol–water partition coefficient (Wildman–Crippen LogP) is 2.57. The number of pyridine rings is 1. The number of ether oxygens (including phenoxy) is 1. The van der Waals surface area contributed by atoms with Crippen LogP contribution in [0.2, 0.25) is 0 Å². The first kappa shape index (κ1) is 11.0. The summed E-state index contributed by atoms with van der Waals surface area (Å²) >= 11 is 0. The number of nitrogens with zero attached hydrogens (tertiary/aromatic N) is 2.